The fourth-order valence-electron chi connectivity index (χ4n) is 3.52. The molecule has 0 spiro atoms. The maximum atomic E-state index is 10.4. The Balaban J connectivity index is 1.79. The number of nitrogens with zero attached hydrogens (tertiary/aromatic N) is 1. The summed E-state index contributed by atoms with van der Waals surface area (Å²) < 4.78 is 4.93. The van der Waals surface area contributed by atoms with Gasteiger partial charge in [0.25, 0.3) is 0 Å². The summed E-state index contributed by atoms with van der Waals surface area (Å²) in [5.74, 6) is 0. The molecule has 2 heterocycles. The average Bonchev–Trinajstić information content (AvgIpc) is 2.58. The summed E-state index contributed by atoms with van der Waals surface area (Å²) in [6.45, 7) is 2.95. The second-order valence-corrected chi connectivity index (χ2v) is 6.21. The van der Waals surface area contributed by atoms with Gasteiger partial charge in [0.2, 0.25) is 0 Å². The van der Waals surface area contributed by atoms with E-state index in [2.05, 4.69) is 22.8 Å². The van der Waals surface area contributed by atoms with Crippen LogP contribution >= 0.6 is 0 Å². The summed E-state index contributed by atoms with van der Waals surface area (Å²) in [4.78, 5) is 2.52. The van der Waals surface area contributed by atoms with E-state index in [0.717, 1.165) is 18.4 Å². The van der Waals surface area contributed by atoms with E-state index < -0.39 is 6.10 Å². The number of aryl methyl sites for hydroxylation is 2. The number of aliphatic hydroxyl groups is 1. The fourth-order valence-corrected chi connectivity index (χ4v) is 3.52. The van der Waals surface area contributed by atoms with Crippen molar-refractivity contribution in [2.45, 2.75) is 31.8 Å². The molecule has 0 radical (unpaired) electrons. The molecule has 3 rings (SSSR count). The first kappa shape index (κ1) is 16.1. The van der Waals surface area contributed by atoms with Crippen LogP contribution in [0, 0.1) is 0 Å². The van der Waals surface area contributed by atoms with Crippen LogP contribution in [0.3, 0.4) is 0 Å². The Kier molecular flexibility index (Phi) is 5.35. The molecule has 1 atom stereocenters. The van der Waals surface area contributed by atoms with E-state index in [4.69, 9.17) is 4.74 Å². The fraction of sp³-hybridized carbons (Fsp3) is 0.450. The van der Waals surface area contributed by atoms with Crippen LogP contribution in [-0.4, -0.2) is 31.9 Å². The average molecular weight is 311 g/mol. The topological polar surface area (TPSA) is 32.7 Å². The van der Waals surface area contributed by atoms with Gasteiger partial charge in [-0.15, -0.1) is 5.73 Å². The molecule has 0 saturated heterocycles. The van der Waals surface area contributed by atoms with Crippen molar-refractivity contribution in [3.63, 3.8) is 0 Å². The van der Waals surface area contributed by atoms with Crippen LogP contribution in [0.4, 0.5) is 5.69 Å². The molecule has 0 fully saturated rings. The number of hydrogen-bond donors (Lipinski definition) is 1. The monoisotopic (exact) mass is 311 g/mol. The second-order valence-electron chi connectivity index (χ2n) is 6.21. The Hall–Kier alpha value is -1.80. The number of hydrogen-bond acceptors (Lipinski definition) is 3. The second kappa shape index (κ2) is 7.65. The predicted octanol–water partition coefficient (Wildman–Crippen LogP) is 3.33. The van der Waals surface area contributed by atoms with Crippen molar-refractivity contribution in [3.05, 3.63) is 58.9 Å². The predicted molar refractivity (Wildman–Crippen MR) is 93.9 cm³/mol. The first-order valence-electron chi connectivity index (χ1n) is 8.45. The van der Waals surface area contributed by atoms with Crippen LogP contribution in [0.2, 0.25) is 0 Å². The number of ether oxygens (including phenoxy) is 1. The van der Waals surface area contributed by atoms with E-state index in [-0.39, 0.29) is 0 Å². The highest BCUT2D eigenvalue weighted by Crippen LogP contribution is 2.37. The van der Waals surface area contributed by atoms with Gasteiger partial charge in [0, 0.05) is 25.9 Å². The highest BCUT2D eigenvalue weighted by Gasteiger charge is 2.24. The van der Waals surface area contributed by atoms with Crippen LogP contribution in [-0.2, 0) is 17.6 Å². The zero-order chi connectivity index (χ0) is 16.1. The summed E-state index contributed by atoms with van der Waals surface area (Å²) in [7, 11) is 1.66. The van der Waals surface area contributed by atoms with E-state index in [1.54, 1.807) is 19.3 Å². The van der Waals surface area contributed by atoms with E-state index in [9.17, 15) is 5.11 Å². The van der Waals surface area contributed by atoms with Crippen LogP contribution < -0.4 is 4.90 Å². The third-order valence-electron chi connectivity index (χ3n) is 4.54. The lowest BCUT2D eigenvalue weighted by Gasteiger charge is -2.37. The van der Waals surface area contributed by atoms with Gasteiger partial charge in [0.1, 0.15) is 6.10 Å². The largest absolute Gasteiger partial charge is 0.384 e. The number of rotatable bonds is 5. The Bertz CT molecular complexity index is 610. The van der Waals surface area contributed by atoms with Gasteiger partial charge in [-0.05, 0) is 54.5 Å². The summed E-state index contributed by atoms with van der Waals surface area (Å²) in [5.41, 5.74) is 8.27. The Morgan fingerprint density at radius 1 is 1.26 bits per heavy atom. The Morgan fingerprint density at radius 3 is 2.61 bits per heavy atom. The van der Waals surface area contributed by atoms with Gasteiger partial charge in [0.15, 0.2) is 0 Å². The third-order valence-corrected chi connectivity index (χ3v) is 4.54. The van der Waals surface area contributed by atoms with Crippen molar-refractivity contribution in [3.8, 4) is 0 Å². The van der Waals surface area contributed by atoms with Crippen molar-refractivity contribution in [2.24, 2.45) is 0 Å². The van der Waals surface area contributed by atoms with Crippen LogP contribution in [0.15, 0.2) is 42.2 Å². The van der Waals surface area contributed by atoms with E-state index in [1.807, 2.05) is 12.2 Å². The summed E-state index contributed by atoms with van der Waals surface area (Å²) in [6.07, 6.45) is 11.4. The molecule has 3 nitrogen and oxygen atoms in total. The first-order valence-corrected chi connectivity index (χ1v) is 8.45. The van der Waals surface area contributed by atoms with Gasteiger partial charge in [-0.1, -0.05) is 24.3 Å². The van der Waals surface area contributed by atoms with Gasteiger partial charge < -0.3 is 14.7 Å². The van der Waals surface area contributed by atoms with Gasteiger partial charge in [-0.25, -0.2) is 0 Å². The standard InChI is InChI=1S/C20H25NO2/c1-23-13-5-3-2-4-10-19(22)18-14-16-8-6-11-21-12-7-9-17(15-18)20(16)21/h2-3,5,10,14-15,19,22H,6-9,11-13H2,1H3/b5-3+. The normalized spacial score (nSPS) is 17.6. The zero-order valence-corrected chi connectivity index (χ0v) is 13.8. The lowest BCUT2D eigenvalue weighted by Crippen LogP contribution is -2.34. The van der Waals surface area contributed by atoms with Crippen molar-refractivity contribution in [1.29, 1.82) is 0 Å². The van der Waals surface area contributed by atoms with Gasteiger partial charge in [-0.3, -0.25) is 0 Å². The molecule has 0 bridgehead atoms. The molecule has 1 unspecified atom stereocenters. The Morgan fingerprint density at radius 2 is 1.96 bits per heavy atom. The van der Waals surface area contributed by atoms with E-state index in [0.29, 0.717) is 6.61 Å². The summed E-state index contributed by atoms with van der Waals surface area (Å²) >= 11 is 0. The molecule has 0 aromatic heterocycles. The summed E-state index contributed by atoms with van der Waals surface area (Å²) in [6, 6.07) is 4.36. The molecule has 1 aromatic rings. The zero-order valence-electron chi connectivity index (χ0n) is 13.8. The van der Waals surface area contributed by atoms with Crippen molar-refractivity contribution in [1.82, 2.24) is 0 Å². The minimum absolute atomic E-state index is 0.589. The molecule has 3 heteroatoms. The van der Waals surface area contributed by atoms with Crippen LogP contribution in [0.1, 0.15) is 35.6 Å². The maximum absolute atomic E-state index is 10.4. The minimum atomic E-state index is -0.596. The molecule has 1 aromatic carbocycles. The molecular formula is C20H25NO2. The summed E-state index contributed by atoms with van der Waals surface area (Å²) in [5, 5.41) is 10.4. The van der Waals surface area contributed by atoms with E-state index >= 15 is 0 Å². The van der Waals surface area contributed by atoms with Gasteiger partial charge in [-0.2, -0.15) is 0 Å². The SMILES string of the molecule is COC/C=C/C=C=CC(O)c1cc2c3c(c1)CCCN3CCC2. The number of benzene rings is 1. The lowest BCUT2D eigenvalue weighted by molar-refractivity contribution is 0.228. The minimum Gasteiger partial charge on any atom is -0.384 e. The van der Waals surface area contributed by atoms with Crippen molar-refractivity contribution in [2.75, 3.05) is 31.7 Å². The molecule has 1 N–H and O–H groups in total. The number of methoxy groups -OCH3 is 1. The maximum Gasteiger partial charge on any atom is 0.105 e. The van der Waals surface area contributed by atoms with Crippen molar-refractivity contribution < 1.29 is 9.84 Å². The highest BCUT2D eigenvalue weighted by molar-refractivity contribution is 5.64. The Labute approximate surface area is 138 Å². The molecule has 2 aliphatic rings. The molecule has 0 aliphatic carbocycles. The number of anilines is 1. The van der Waals surface area contributed by atoms with Crippen LogP contribution in [0.5, 0.6) is 0 Å². The van der Waals surface area contributed by atoms with E-state index in [1.165, 1.54) is 42.7 Å². The molecule has 2 aliphatic heterocycles. The molecule has 122 valence electrons. The lowest BCUT2D eigenvalue weighted by atomic mass is 9.89. The smallest absolute Gasteiger partial charge is 0.105 e. The third kappa shape index (κ3) is 3.76. The first-order chi connectivity index (χ1) is 11.3. The number of allylic oxidation sites excluding steroid dienone is 1. The highest BCUT2D eigenvalue weighted by atomic mass is 16.5. The molecular weight excluding hydrogens is 286 g/mol. The van der Waals surface area contributed by atoms with Gasteiger partial charge in [0.05, 0.1) is 6.61 Å². The van der Waals surface area contributed by atoms with Crippen molar-refractivity contribution >= 4 is 5.69 Å². The number of aliphatic hydroxyl groups excluding tert-OH is 1. The quantitative estimate of drug-likeness (QED) is 0.669. The molecule has 0 saturated carbocycles. The van der Waals surface area contributed by atoms with Crippen LogP contribution in [0.25, 0.3) is 0 Å². The molecule has 0 amide bonds. The molecule has 23 heavy (non-hydrogen) atoms. The van der Waals surface area contributed by atoms with Gasteiger partial charge >= 0.3 is 0 Å².